The summed E-state index contributed by atoms with van der Waals surface area (Å²) >= 11 is 11.9. The average Bonchev–Trinajstić information content (AvgIpc) is 2.63. The second kappa shape index (κ2) is 9.34. The fourth-order valence-electron chi connectivity index (χ4n) is 3.28. The van der Waals surface area contributed by atoms with Gasteiger partial charge >= 0.3 is 0 Å². The average molecular weight is 450 g/mol. The summed E-state index contributed by atoms with van der Waals surface area (Å²) in [6.07, 6.45) is -3.11. The van der Waals surface area contributed by atoms with Crippen molar-refractivity contribution in [1.82, 2.24) is 5.32 Å². The molecular weight excluding hydrogens is 425 g/mol. The van der Waals surface area contributed by atoms with Gasteiger partial charge in [-0.1, -0.05) is 23.2 Å². The van der Waals surface area contributed by atoms with Crippen LogP contribution in [0.15, 0.2) is 18.2 Å². The van der Waals surface area contributed by atoms with Crippen LogP contribution in [-0.4, -0.2) is 67.3 Å². The summed E-state index contributed by atoms with van der Waals surface area (Å²) < 4.78 is 28.7. The Hall–Kier alpha value is -1.13. The van der Waals surface area contributed by atoms with Gasteiger partial charge < -0.3 is 34.1 Å². The number of aliphatic hydroxyl groups is 1. The smallest absolute Gasteiger partial charge is 0.217 e. The van der Waals surface area contributed by atoms with E-state index in [9.17, 15) is 9.90 Å². The van der Waals surface area contributed by atoms with Crippen molar-refractivity contribution in [1.29, 1.82) is 0 Å². The van der Waals surface area contributed by atoms with Crippen LogP contribution < -0.4 is 10.1 Å². The van der Waals surface area contributed by atoms with Crippen molar-refractivity contribution >= 4 is 29.1 Å². The zero-order valence-corrected chi connectivity index (χ0v) is 17.9. The van der Waals surface area contributed by atoms with E-state index < -0.39 is 36.4 Å². The van der Waals surface area contributed by atoms with Gasteiger partial charge in [0.1, 0.15) is 36.7 Å². The first kappa shape index (κ1) is 22.6. The van der Waals surface area contributed by atoms with Crippen LogP contribution >= 0.6 is 23.2 Å². The molecule has 2 heterocycles. The Morgan fingerprint density at radius 2 is 2.10 bits per heavy atom. The van der Waals surface area contributed by atoms with E-state index in [4.69, 9.17) is 46.9 Å². The zero-order chi connectivity index (χ0) is 21.2. The van der Waals surface area contributed by atoms with Crippen molar-refractivity contribution in [3.8, 4) is 5.75 Å². The number of nitrogens with one attached hydrogen (secondary N) is 1. The maximum absolute atomic E-state index is 11.6. The number of hydrogen-bond donors (Lipinski definition) is 2. The molecule has 2 fully saturated rings. The molecule has 1 aromatic rings. The minimum Gasteiger partial charge on any atom is -0.490 e. The Kier molecular flexibility index (Phi) is 7.27. The van der Waals surface area contributed by atoms with E-state index in [-0.39, 0.29) is 25.7 Å². The molecule has 2 saturated heterocycles. The van der Waals surface area contributed by atoms with Crippen molar-refractivity contribution in [2.75, 3.05) is 19.8 Å². The van der Waals surface area contributed by atoms with Crippen molar-refractivity contribution in [3.63, 3.8) is 0 Å². The molecule has 2 aliphatic rings. The number of aliphatic hydroxyl groups excluding tert-OH is 1. The first-order chi connectivity index (χ1) is 13.7. The van der Waals surface area contributed by atoms with Crippen LogP contribution in [-0.2, 0) is 23.7 Å². The van der Waals surface area contributed by atoms with Gasteiger partial charge in [0.2, 0.25) is 5.91 Å². The molecule has 5 atom stereocenters. The van der Waals surface area contributed by atoms with Crippen molar-refractivity contribution in [2.45, 2.75) is 57.2 Å². The van der Waals surface area contributed by atoms with E-state index in [0.717, 1.165) is 0 Å². The topological polar surface area (TPSA) is 95.5 Å². The molecule has 162 valence electrons. The molecule has 0 aromatic heterocycles. The number of hydrogen-bond acceptors (Lipinski definition) is 7. The van der Waals surface area contributed by atoms with Gasteiger partial charge in [-0.05, 0) is 32.0 Å². The SMILES string of the molecule is CC(=O)N[C@@H]1[C@H](OCCOc2ccc(Cl)cc2Cl)O[C@@H]2COC(C)(C)O[C@@H]2[C@H]1O. The Morgan fingerprint density at radius 3 is 2.79 bits per heavy atom. The fourth-order valence-corrected chi connectivity index (χ4v) is 3.75. The van der Waals surface area contributed by atoms with Gasteiger partial charge in [0.25, 0.3) is 0 Å². The summed E-state index contributed by atoms with van der Waals surface area (Å²) in [6, 6.07) is 4.11. The molecule has 0 unspecified atom stereocenters. The molecule has 1 aromatic carbocycles. The number of amides is 1. The largest absolute Gasteiger partial charge is 0.490 e. The molecule has 0 bridgehead atoms. The van der Waals surface area contributed by atoms with E-state index in [0.29, 0.717) is 15.8 Å². The Balaban J connectivity index is 1.59. The van der Waals surface area contributed by atoms with Crippen LogP contribution in [0.5, 0.6) is 5.75 Å². The maximum Gasteiger partial charge on any atom is 0.217 e. The third-order valence-corrected chi connectivity index (χ3v) is 5.11. The van der Waals surface area contributed by atoms with Crippen LogP contribution in [0, 0.1) is 0 Å². The van der Waals surface area contributed by atoms with Gasteiger partial charge in [0, 0.05) is 11.9 Å². The molecule has 2 N–H and O–H groups in total. The van der Waals surface area contributed by atoms with Crippen LogP contribution in [0.2, 0.25) is 10.0 Å². The highest BCUT2D eigenvalue weighted by Crippen LogP contribution is 2.33. The summed E-state index contributed by atoms with van der Waals surface area (Å²) in [5.41, 5.74) is 0. The molecular formula is C19H25Cl2NO7. The molecule has 29 heavy (non-hydrogen) atoms. The molecule has 0 spiro atoms. The second-order valence-electron chi connectivity index (χ2n) is 7.35. The quantitative estimate of drug-likeness (QED) is 0.642. The third kappa shape index (κ3) is 5.73. The molecule has 0 radical (unpaired) electrons. The number of ether oxygens (including phenoxy) is 5. The summed E-state index contributed by atoms with van der Waals surface area (Å²) in [5, 5.41) is 14.4. The first-order valence-electron chi connectivity index (χ1n) is 9.28. The lowest BCUT2D eigenvalue weighted by atomic mass is 9.95. The summed E-state index contributed by atoms with van der Waals surface area (Å²) in [5.74, 6) is -0.703. The van der Waals surface area contributed by atoms with E-state index >= 15 is 0 Å². The van der Waals surface area contributed by atoms with Crippen molar-refractivity contribution in [2.24, 2.45) is 0 Å². The number of carbonyl (C=O) groups is 1. The first-order valence-corrected chi connectivity index (χ1v) is 10.0. The van der Waals surface area contributed by atoms with Gasteiger partial charge in [0.05, 0.1) is 18.2 Å². The Morgan fingerprint density at radius 1 is 1.34 bits per heavy atom. The van der Waals surface area contributed by atoms with Crippen LogP contribution in [0.3, 0.4) is 0 Å². The maximum atomic E-state index is 11.6. The lowest BCUT2D eigenvalue weighted by Gasteiger charge is -2.49. The fraction of sp³-hybridized carbons (Fsp3) is 0.632. The molecule has 3 rings (SSSR count). The lowest BCUT2D eigenvalue weighted by Crippen LogP contribution is -2.68. The number of fused-ring (bicyclic) bond motifs is 1. The van der Waals surface area contributed by atoms with Gasteiger partial charge in [-0.25, -0.2) is 0 Å². The summed E-state index contributed by atoms with van der Waals surface area (Å²) in [4.78, 5) is 11.6. The van der Waals surface area contributed by atoms with Gasteiger partial charge in [0.15, 0.2) is 12.1 Å². The minimum atomic E-state index is -1.03. The Bertz CT molecular complexity index is 733. The normalized spacial score (nSPS) is 31.0. The van der Waals surface area contributed by atoms with Gasteiger partial charge in [-0.15, -0.1) is 0 Å². The predicted molar refractivity (Wildman–Crippen MR) is 105 cm³/mol. The molecule has 8 nitrogen and oxygen atoms in total. The predicted octanol–water partition coefficient (Wildman–Crippen LogP) is 2.13. The van der Waals surface area contributed by atoms with E-state index in [2.05, 4.69) is 5.32 Å². The molecule has 0 aliphatic carbocycles. The standard InChI is InChI=1S/C19H25Cl2NO7/c1-10(23)22-15-16(24)17-14(9-27-19(2,3)29-17)28-18(15)26-7-6-25-13-5-4-11(20)8-12(13)21/h4-5,8,14-18,24H,6-7,9H2,1-3H3,(H,22,23)/t14-,15+,16+,17+,18-/m1/s1. The lowest BCUT2D eigenvalue weighted by molar-refractivity contribution is -0.369. The van der Waals surface area contributed by atoms with E-state index in [1.165, 1.54) is 6.92 Å². The minimum absolute atomic E-state index is 0.136. The van der Waals surface area contributed by atoms with Crippen LogP contribution in [0.1, 0.15) is 20.8 Å². The molecule has 10 heteroatoms. The second-order valence-corrected chi connectivity index (χ2v) is 8.19. The van der Waals surface area contributed by atoms with E-state index in [1.54, 1.807) is 32.0 Å². The summed E-state index contributed by atoms with van der Waals surface area (Å²) in [7, 11) is 0. The Labute approximate surface area is 179 Å². The number of benzene rings is 1. The number of rotatable bonds is 6. The zero-order valence-electron chi connectivity index (χ0n) is 16.4. The van der Waals surface area contributed by atoms with Crippen molar-refractivity contribution in [3.05, 3.63) is 28.2 Å². The van der Waals surface area contributed by atoms with Gasteiger partial charge in [-0.3, -0.25) is 4.79 Å². The van der Waals surface area contributed by atoms with Crippen LogP contribution in [0.25, 0.3) is 0 Å². The number of carbonyl (C=O) groups excluding carboxylic acids is 1. The highest BCUT2D eigenvalue weighted by molar-refractivity contribution is 6.35. The van der Waals surface area contributed by atoms with Crippen LogP contribution in [0.4, 0.5) is 0 Å². The molecule has 2 aliphatic heterocycles. The highest BCUT2D eigenvalue weighted by Gasteiger charge is 2.51. The van der Waals surface area contributed by atoms with Gasteiger partial charge in [-0.2, -0.15) is 0 Å². The monoisotopic (exact) mass is 449 g/mol. The van der Waals surface area contributed by atoms with Crippen molar-refractivity contribution < 1.29 is 33.6 Å². The molecule has 0 saturated carbocycles. The molecule has 1 amide bonds. The summed E-state index contributed by atoms with van der Waals surface area (Å²) in [6.45, 7) is 5.42. The third-order valence-electron chi connectivity index (χ3n) is 4.58. The number of halogens is 2. The van der Waals surface area contributed by atoms with E-state index in [1.807, 2.05) is 0 Å². The highest BCUT2D eigenvalue weighted by atomic mass is 35.5.